The van der Waals surface area contributed by atoms with Crippen molar-refractivity contribution in [1.29, 1.82) is 0 Å². The lowest BCUT2D eigenvalue weighted by Crippen LogP contribution is -2.13. The lowest BCUT2D eigenvalue weighted by atomic mass is 10.1. The lowest BCUT2D eigenvalue weighted by molar-refractivity contribution is 0.112. The molecule has 1 rings (SSSR count). The first-order valence-electron chi connectivity index (χ1n) is 6.17. The Kier molecular flexibility index (Phi) is 6.22. The van der Waals surface area contributed by atoms with E-state index in [1.54, 1.807) is 18.2 Å². The zero-order valence-electron chi connectivity index (χ0n) is 10.9. The molecule has 0 aliphatic heterocycles. The van der Waals surface area contributed by atoms with E-state index in [4.69, 9.17) is 22.7 Å². The van der Waals surface area contributed by atoms with Crippen LogP contribution in [-0.4, -0.2) is 11.6 Å². The summed E-state index contributed by atoms with van der Waals surface area (Å²) >= 11 is 4.79. The van der Waals surface area contributed by atoms with E-state index < -0.39 is 0 Å². The Morgan fingerprint density at radius 3 is 2.78 bits per heavy atom. The molecule has 0 fully saturated rings. The molecule has 2 nitrogen and oxygen atoms in total. The van der Waals surface area contributed by atoms with Crippen molar-refractivity contribution in [3.8, 4) is 0 Å². The predicted molar refractivity (Wildman–Crippen MR) is 76.0 cm³/mol. The molecule has 1 aromatic carbocycles. The Hall–Kier alpha value is -1.00. The summed E-state index contributed by atoms with van der Waals surface area (Å²) in [6.07, 6.45) is 2.11. The zero-order chi connectivity index (χ0) is 13.5. The number of benzene rings is 1. The molecule has 0 aromatic heterocycles. The summed E-state index contributed by atoms with van der Waals surface area (Å²) < 4.78 is 19.4. The fourth-order valence-electron chi connectivity index (χ4n) is 1.66. The highest BCUT2D eigenvalue weighted by atomic mass is 32.1. The molecule has 0 heterocycles. The van der Waals surface area contributed by atoms with Crippen molar-refractivity contribution >= 4 is 17.2 Å². The van der Waals surface area contributed by atoms with Crippen molar-refractivity contribution in [3.63, 3.8) is 0 Å². The van der Waals surface area contributed by atoms with Gasteiger partial charge in [-0.25, -0.2) is 4.39 Å². The molecule has 0 unspecified atom stereocenters. The van der Waals surface area contributed by atoms with E-state index in [9.17, 15) is 4.39 Å². The standard InChI is InChI=1S/C14H20FNOS/c1-10(2)5-4-8-17-9-11-6-3-7-12(13(11)15)14(16)18/h3,6-7,10H,4-5,8-9H2,1-2H3,(H2,16,18). The first kappa shape index (κ1) is 15.1. The molecule has 0 spiro atoms. The van der Waals surface area contributed by atoms with Crippen LogP contribution in [0.2, 0.25) is 0 Å². The van der Waals surface area contributed by atoms with Gasteiger partial charge in [0.1, 0.15) is 10.8 Å². The van der Waals surface area contributed by atoms with Crippen molar-refractivity contribution in [2.75, 3.05) is 6.61 Å². The quantitative estimate of drug-likeness (QED) is 0.608. The van der Waals surface area contributed by atoms with Crippen LogP contribution in [0.4, 0.5) is 4.39 Å². The smallest absolute Gasteiger partial charge is 0.138 e. The average Bonchev–Trinajstić information content (AvgIpc) is 2.30. The van der Waals surface area contributed by atoms with Gasteiger partial charge >= 0.3 is 0 Å². The summed E-state index contributed by atoms with van der Waals surface area (Å²) in [6, 6.07) is 5.02. The fraction of sp³-hybridized carbons (Fsp3) is 0.500. The highest BCUT2D eigenvalue weighted by molar-refractivity contribution is 7.80. The number of thiocarbonyl (C=S) groups is 1. The third kappa shape index (κ3) is 4.70. The third-order valence-electron chi connectivity index (χ3n) is 2.67. The van der Waals surface area contributed by atoms with Crippen LogP contribution < -0.4 is 5.73 Å². The van der Waals surface area contributed by atoms with Gasteiger partial charge in [-0.1, -0.05) is 38.2 Å². The number of hydrogen-bond acceptors (Lipinski definition) is 2. The second-order valence-electron chi connectivity index (χ2n) is 4.73. The Morgan fingerprint density at radius 2 is 2.17 bits per heavy atom. The summed E-state index contributed by atoms with van der Waals surface area (Å²) in [5.74, 6) is 0.303. The molecule has 0 aliphatic rings. The molecule has 0 aliphatic carbocycles. The molecule has 0 radical (unpaired) electrons. The summed E-state index contributed by atoms with van der Waals surface area (Å²) in [6.45, 7) is 5.26. The van der Waals surface area contributed by atoms with Gasteiger partial charge in [0, 0.05) is 17.7 Å². The average molecular weight is 269 g/mol. The number of halogens is 1. The van der Waals surface area contributed by atoms with Crippen LogP contribution in [0.15, 0.2) is 18.2 Å². The monoisotopic (exact) mass is 269 g/mol. The molecule has 18 heavy (non-hydrogen) atoms. The van der Waals surface area contributed by atoms with Crippen molar-refractivity contribution < 1.29 is 9.13 Å². The van der Waals surface area contributed by atoms with E-state index in [0.29, 0.717) is 18.1 Å². The van der Waals surface area contributed by atoms with Crippen molar-refractivity contribution in [2.45, 2.75) is 33.3 Å². The maximum atomic E-state index is 13.9. The van der Waals surface area contributed by atoms with Gasteiger partial charge < -0.3 is 10.5 Å². The minimum absolute atomic E-state index is 0.0779. The molecule has 0 saturated heterocycles. The van der Waals surface area contributed by atoms with Crippen LogP contribution in [0.25, 0.3) is 0 Å². The molecular formula is C14H20FNOS. The molecule has 0 amide bonds. The summed E-state index contributed by atoms with van der Waals surface area (Å²) in [5.41, 5.74) is 6.23. The van der Waals surface area contributed by atoms with Crippen LogP contribution in [0.1, 0.15) is 37.8 Å². The van der Waals surface area contributed by atoms with Crippen molar-refractivity contribution in [3.05, 3.63) is 35.1 Å². The highest BCUT2D eigenvalue weighted by Gasteiger charge is 2.09. The Balaban J connectivity index is 2.48. The van der Waals surface area contributed by atoms with Gasteiger partial charge in [0.05, 0.1) is 6.61 Å². The van der Waals surface area contributed by atoms with Crippen LogP contribution in [-0.2, 0) is 11.3 Å². The van der Waals surface area contributed by atoms with Gasteiger partial charge in [0.25, 0.3) is 0 Å². The van der Waals surface area contributed by atoms with E-state index in [0.717, 1.165) is 12.8 Å². The number of rotatable bonds is 7. The number of ether oxygens (including phenoxy) is 1. The second kappa shape index (κ2) is 7.44. The largest absolute Gasteiger partial charge is 0.389 e. The van der Waals surface area contributed by atoms with Gasteiger partial charge in [-0.05, 0) is 24.8 Å². The highest BCUT2D eigenvalue weighted by Crippen LogP contribution is 2.14. The molecule has 0 bridgehead atoms. The molecule has 1 aromatic rings. The lowest BCUT2D eigenvalue weighted by Gasteiger charge is -2.09. The number of hydrogen-bond donors (Lipinski definition) is 1. The maximum Gasteiger partial charge on any atom is 0.138 e. The minimum atomic E-state index is -0.367. The van der Waals surface area contributed by atoms with Crippen molar-refractivity contribution in [2.24, 2.45) is 11.7 Å². The third-order valence-corrected chi connectivity index (χ3v) is 2.89. The molecular weight excluding hydrogens is 249 g/mol. The molecule has 4 heteroatoms. The maximum absolute atomic E-state index is 13.9. The first-order valence-corrected chi connectivity index (χ1v) is 6.58. The van der Waals surface area contributed by atoms with Gasteiger partial charge in [0.2, 0.25) is 0 Å². The van der Waals surface area contributed by atoms with Crippen molar-refractivity contribution in [1.82, 2.24) is 0 Å². The van der Waals surface area contributed by atoms with Gasteiger partial charge in [-0.15, -0.1) is 0 Å². The van der Waals surface area contributed by atoms with E-state index in [-0.39, 0.29) is 23.0 Å². The van der Waals surface area contributed by atoms with Gasteiger partial charge in [-0.3, -0.25) is 0 Å². The van der Waals surface area contributed by atoms with Crippen LogP contribution in [0.5, 0.6) is 0 Å². The molecule has 0 saturated carbocycles. The Labute approximate surface area is 113 Å². The van der Waals surface area contributed by atoms with Gasteiger partial charge in [0.15, 0.2) is 0 Å². The number of nitrogens with two attached hydrogens (primary N) is 1. The predicted octanol–water partition coefficient (Wildman–Crippen LogP) is 3.41. The summed E-state index contributed by atoms with van der Waals surface area (Å²) in [7, 11) is 0. The van der Waals surface area contributed by atoms with E-state index in [1.165, 1.54) is 0 Å². The minimum Gasteiger partial charge on any atom is -0.389 e. The topological polar surface area (TPSA) is 35.2 Å². The molecule has 2 N–H and O–H groups in total. The van der Waals surface area contributed by atoms with Crippen LogP contribution >= 0.6 is 12.2 Å². The summed E-state index contributed by atoms with van der Waals surface area (Å²) in [4.78, 5) is 0.0779. The normalized spacial score (nSPS) is 10.9. The Morgan fingerprint density at radius 1 is 1.44 bits per heavy atom. The van der Waals surface area contributed by atoms with Gasteiger partial charge in [-0.2, -0.15) is 0 Å². The van der Waals surface area contributed by atoms with Crippen LogP contribution in [0, 0.1) is 11.7 Å². The molecule has 100 valence electrons. The first-order chi connectivity index (χ1) is 8.52. The SMILES string of the molecule is CC(C)CCCOCc1cccc(C(N)=S)c1F. The summed E-state index contributed by atoms with van der Waals surface area (Å²) in [5, 5.41) is 0. The fourth-order valence-corrected chi connectivity index (χ4v) is 1.81. The van der Waals surface area contributed by atoms with E-state index in [1.807, 2.05) is 0 Å². The van der Waals surface area contributed by atoms with E-state index >= 15 is 0 Å². The second-order valence-corrected chi connectivity index (χ2v) is 5.17. The zero-order valence-corrected chi connectivity index (χ0v) is 11.7. The van der Waals surface area contributed by atoms with E-state index in [2.05, 4.69) is 13.8 Å². The Bertz CT molecular complexity index is 407. The van der Waals surface area contributed by atoms with Crippen LogP contribution in [0.3, 0.4) is 0 Å². The molecule has 0 atom stereocenters.